The summed E-state index contributed by atoms with van der Waals surface area (Å²) in [5.74, 6) is -1.69. The predicted octanol–water partition coefficient (Wildman–Crippen LogP) is 3.79. The second-order valence-corrected chi connectivity index (χ2v) is 7.81. The van der Waals surface area contributed by atoms with Crippen molar-refractivity contribution in [1.82, 2.24) is 14.8 Å². The molecule has 0 unspecified atom stereocenters. The molecule has 0 aliphatic carbocycles. The SMILES string of the molecule is Cc1cc(/C=C2/NC(=O)N(CC(=O)O)C2=O)c(C)n1-c1ccc(OCc2ccccc2F)cc1. The second kappa shape index (κ2) is 9.22. The lowest BCUT2D eigenvalue weighted by atomic mass is 10.2. The number of ether oxygens (including phenoxy) is 1. The minimum absolute atomic E-state index is 0.0170. The van der Waals surface area contributed by atoms with Crippen molar-refractivity contribution in [3.63, 3.8) is 0 Å². The van der Waals surface area contributed by atoms with Crippen molar-refractivity contribution in [2.24, 2.45) is 0 Å². The molecule has 2 N–H and O–H groups in total. The van der Waals surface area contributed by atoms with Crippen LogP contribution in [0.2, 0.25) is 0 Å². The first-order chi connectivity index (χ1) is 16.2. The van der Waals surface area contributed by atoms with Gasteiger partial charge in [0.25, 0.3) is 5.91 Å². The molecule has 0 radical (unpaired) electrons. The van der Waals surface area contributed by atoms with Crippen LogP contribution in [0, 0.1) is 19.7 Å². The third-order valence-corrected chi connectivity index (χ3v) is 5.47. The van der Waals surface area contributed by atoms with Crippen molar-refractivity contribution in [2.75, 3.05) is 6.54 Å². The van der Waals surface area contributed by atoms with E-state index in [4.69, 9.17) is 9.84 Å². The van der Waals surface area contributed by atoms with Gasteiger partial charge in [0.15, 0.2) is 0 Å². The topological polar surface area (TPSA) is 101 Å². The second-order valence-electron chi connectivity index (χ2n) is 7.81. The number of aliphatic carboxylic acids is 1. The Labute approximate surface area is 194 Å². The molecule has 4 rings (SSSR count). The maximum Gasteiger partial charge on any atom is 0.329 e. The number of aryl methyl sites for hydroxylation is 1. The van der Waals surface area contributed by atoms with E-state index < -0.39 is 24.5 Å². The monoisotopic (exact) mass is 463 g/mol. The number of amides is 3. The number of carboxylic acid groups (broad SMARTS) is 1. The summed E-state index contributed by atoms with van der Waals surface area (Å²) >= 11 is 0. The Kier molecular flexibility index (Phi) is 6.18. The zero-order valence-corrected chi connectivity index (χ0v) is 18.5. The fourth-order valence-corrected chi connectivity index (χ4v) is 3.80. The van der Waals surface area contributed by atoms with Crippen molar-refractivity contribution < 1.29 is 28.6 Å². The summed E-state index contributed by atoms with van der Waals surface area (Å²) in [5.41, 5.74) is 3.76. The average molecular weight is 463 g/mol. The molecule has 0 bridgehead atoms. The third kappa shape index (κ3) is 4.54. The van der Waals surface area contributed by atoms with E-state index in [1.807, 2.05) is 36.6 Å². The molecule has 9 heteroatoms. The largest absolute Gasteiger partial charge is 0.489 e. The molecule has 3 amide bonds. The van der Waals surface area contributed by atoms with Crippen LogP contribution in [-0.2, 0) is 16.2 Å². The lowest BCUT2D eigenvalue weighted by molar-refractivity contribution is -0.140. The summed E-state index contributed by atoms with van der Waals surface area (Å²) in [6.07, 6.45) is 1.53. The van der Waals surface area contributed by atoms with Crippen LogP contribution in [0.3, 0.4) is 0 Å². The molecule has 0 spiro atoms. The number of hydrogen-bond acceptors (Lipinski definition) is 4. The van der Waals surface area contributed by atoms with Gasteiger partial charge in [-0.05, 0) is 61.9 Å². The van der Waals surface area contributed by atoms with Gasteiger partial charge in [-0.2, -0.15) is 0 Å². The molecule has 0 atom stereocenters. The van der Waals surface area contributed by atoms with Crippen molar-refractivity contribution in [3.05, 3.63) is 88.6 Å². The first-order valence-electron chi connectivity index (χ1n) is 10.5. The van der Waals surface area contributed by atoms with Crippen LogP contribution >= 0.6 is 0 Å². The van der Waals surface area contributed by atoms with Crippen molar-refractivity contribution in [1.29, 1.82) is 0 Å². The van der Waals surface area contributed by atoms with Gasteiger partial charge in [0, 0.05) is 22.6 Å². The summed E-state index contributed by atoms with van der Waals surface area (Å²) in [6.45, 7) is 3.19. The van der Waals surface area contributed by atoms with E-state index >= 15 is 0 Å². The number of urea groups is 1. The number of imide groups is 1. The number of aromatic nitrogens is 1. The quantitative estimate of drug-likeness (QED) is 0.410. The third-order valence-electron chi connectivity index (χ3n) is 5.47. The maximum atomic E-state index is 13.8. The Bertz CT molecular complexity index is 1310. The maximum absolute atomic E-state index is 13.8. The van der Waals surface area contributed by atoms with E-state index in [9.17, 15) is 18.8 Å². The number of nitrogens with one attached hydrogen (secondary N) is 1. The molecule has 1 fully saturated rings. The highest BCUT2D eigenvalue weighted by atomic mass is 19.1. The molecule has 34 heavy (non-hydrogen) atoms. The Morgan fingerprint density at radius 1 is 1.12 bits per heavy atom. The van der Waals surface area contributed by atoms with E-state index in [1.54, 1.807) is 30.3 Å². The first kappa shape index (κ1) is 22.8. The number of nitrogens with zero attached hydrogens (tertiary/aromatic N) is 2. The van der Waals surface area contributed by atoms with E-state index in [-0.39, 0.29) is 18.1 Å². The molecule has 1 aromatic heterocycles. The molecule has 3 aromatic rings. The highest BCUT2D eigenvalue weighted by Gasteiger charge is 2.35. The van der Waals surface area contributed by atoms with E-state index in [1.165, 1.54) is 12.1 Å². The number of halogens is 1. The molecule has 8 nitrogen and oxygen atoms in total. The predicted molar refractivity (Wildman–Crippen MR) is 122 cm³/mol. The number of carbonyl (C=O) groups is 3. The summed E-state index contributed by atoms with van der Waals surface area (Å²) in [6, 6.07) is 14.9. The van der Waals surface area contributed by atoms with E-state index in [0.29, 0.717) is 21.8 Å². The van der Waals surface area contributed by atoms with Crippen molar-refractivity contribution >= 4 is 24.0 Å². The summed E-state index contributed by atoms with van der Waals surface area (Å²) in [4.78, 5) is 35.9. The fourth-order valence-electron chi connectivity index (χ4n) is 3.80. The normalized spacial score (nSPS) is 14.6. The van der Waals surface area contributed by atoms with Crippen LogP contribution < -0.4 is 10.1 Å². The van der Waals surface area contributed by atoms with Gasteiger partial charge in [-0.3, -0.25) is 9.59 Å². The van der Waals surface area contributed by atoms with E-state index in [0.717, 1.165) is 17.1 Å². The Morgan fingerprint density at radius 2 is 1.82 bits per heavy atom. The fraction of sp³-hybridized carbons (Fsp3) is 0.160. The minimum Gasteiger partial charge on any atom is -0.489 e. The molecule has 0 saturated carbocycles. The van der Waals surface area contributed by atoms with Gasteiger partial charge >= 0.3 is 12.0 Å². The zero-order chi connectivity index (χ0) is 24.4. The summed E-state index contributed by atoms with van der Waals surface area (Å²) in [7, 11) is 0. The number of rotatable bonds is 7. The van der Waals surface area contributed by atoms with Gasteiger partial charge in [0.05, 0.1) is 0 Å². The van der Waals surface area contributed by atoms with Gasteiger partial charge < -0.3 is 19.7 Å². The summed E-state index contributed by atoms with van der Waals surface area (Å²) in [5, 5.41) is 11.3. The highest BCUT2D eigenvalue weighted by Crippen LogP contribution is 2.25. The molecule has 1 aliphatic heterocycles. The molecule has 174 valence electrons. The van der Waals surface area contributed by atoms with Crippen molar-refractivity contribution in [3.8, 4) is 11.4 Å². The van der Waals surface area contributed by atoms with E-state index in [2.05, 4.69) is 5.32 Å². The van der Waals surface area contributed by atoms with Crippen LogP contribution in [0.1, 0.15) is 22.5 Å². The molecular formula is C25H22FN3O5. The van der Waals surface area contributed by atoms with Gasteiger partial charge in [0.1, 0.15) is 30.4 Å². The number of benzene rings is 2. The molecule has 1 saturated heterocycles. The van der Waals surface area contributed by atoms with Gasteiger partial charge in [-0.1, -0.05) is 18.2 Å². The van der Waals surface area contributed by atoms with Crippen molar-refractivity contribution in [2.45, 2.75) is 20.5 Å². The summed E-state index contributed by atoms with van der Waals surface area (Å²) < 4.78 is 21.4. The number of hydrogen-bond donors (Lipinski definition) is 2. The molecular weight excluding hydrogens is 441 g/mol. The number of carbonyl (C=O) groups excluding carboxylic acids is 2. The Balaban J connectivity index is 1.53. The highest BCUT2D eigenvalue weighted by molar-refractivity contribution is 6.15. The lowest BCUT2D eigenvalue weighted by Crippen LogP contribution is -2.35. The van der Waals surface area contributed by atoms with Crippen LogP contribution in [0.25, 0.3) is 11.8 Å². The van der Waals surface area contributed by atoms with Crippen LogP contribution in [0.15, 0.2) is 60.3 Å². The smallest absolute Gasteiger partial charge is 0.329 e. The Hall–Kier alpha value is -4.40. The molecule has 1 aliphatic rings. The first-order valence-corrected chi connectivity index (χ1v) is 10.5. The van der Waals surface area contributed by atoms with Crippen LogP contribution in [-0.4, -0.2) is 39.0 Å². The van der Waals surface area contributed by atoms with Crippen LogP contribution in [0.4, 0.5) is 9.18 Å². The number of carboxylic acids is 1. The average Bonchev–Trinajstić information content (AvgIpc) is 3.22. The van der Waals surface area contributed by atoms with Gasteiger partial charge in [0.2, 0.25) is 0 Å². The lowest BCUT2D eigenvalue weighted by Gasteiger charge is -2.12. The molecule has 2 aromatic carbocycles. The molecule has 2 heterocycles. The minimum atomic E-state index is -1.27. The standard InChI is InChI=1S/C25H22FN3O5/c1-15-11-18(12-22-24(32)28(13-23(30)31)25(33)27-22)16(2)29(15)19-7-9-20(10-8-19)34-14-17-5-3-4-6-21(17)26/h3-12H,13-14H2,1-2H3,(H,27,33)(H,30,31)/b22-12+. The Morgan fingerprint density at radius 3 is 2.50 bits per heavy atom. The van der Waals surface area contributed by atoms with Gasteiger partial charge in [-0.15, -0.1) is 0 Å². The van der Waals surface area contributed by atoms with Crippen LogP contribution in [0.5, 0.6) is 5.75 Å². The van der Waals surface area contributed by atoms with Gasteiger partial charge in [-0.25, -0.2) is 14.1 Å². The zero-order valence-electron chi connectivity index (χ0n) is 18.5.